The van der Waals surface area contributed by atoms with E-state index >= 15 is 0 Å². The maximum atomic E-state index is 12.9. The van der Waals surface area contributed by atoms with E-state index < -0.39 is 10.2 Å². The van der Waals surface area contributed by atoms with Gasteiger partial charge in [-0.1, -0.05) is 13.8 Å². The second kappa shape index (κ2) is 8.93. The van der Waals surface area contributed by atoms with Gasteiger partial charge in [-0.05, 0) is 12.8 Å². The zero-order valence-corrected chi connectivity index (χ0v) is 18.6. The fraction of sp³-hybridized carbons (Fsp3) is 0.737. The molecular formula is C19H32N6O3S. The summed E-state index contributed by atoms with van der Waals surface area (Å²) < 4.78 is 28.8. The van der Waals surface area contributed by atoms with Crippen LogP contribution in [-0.2, 0) is 28.0 Å². The van der Waals surface area contributed by atoms with Crippen molar-refractivity contribution in [1.82, 2.24) is 23.5 Å². The molecule has 0 unspecified atom stereocenters. The van der Waals surface area contributed by atoms with Gasteiger partial charge in [0.25, 0.3) is 10.2 Å². The lowest BCUT2D eigenvalue weighted by molar-refractivity contribution is -0.130. The number of anilines is 1. The topological polar surface area (TPSA) is 98.7 Å². The molecule has 1 amide bonds. The van der Waals surface area contributed by atoms with Crippen molar-refractivity contribution >= 4 is 21.9 Å². The molecule has 1 aromatic heterocycles. The van der Waals surface area contributed by atoms with E-state index in [1.54, 1.807) is 14.0 Å². The van der Waals surface area contributed by atoms with E-state index in [-0.39, 0.29) is 18.4 Å². The molecule has 162 valence electrons. The monoisotopic (exact) mass is 424 g/mol. The second-order valence-electron chi connectivity index (χ2n) is 7.59. The predicted molar refractivity (Wildman–Crippen MR) is 112 cm³/mol. The summed E-state index contributed by atoms with van der Waals surface area (Å²) in [5.41, 5.74) is 1.75. The van der Waals surface area contributed by atoms with Gasteiger partial charge in [-0.15, -0.1) is 0 Å². The van der Waals surface area contributed by atoms with Crippen molar-refractivity contribution in [3.63, 3.8) is 0 Å². The van der Waals surface area contributed by atoms with Gasteiger partial charge >= 0.3 is 0 Å². The van der Waals surface area contributed by atoms with Crippen molar-refractivity contribution in [3.8, 4) is 0 Å². The fourth-order valence-electron chi connectivity index (χ4n) is 4.18. The van der Waals surface area contributed by atoms with Gasteiger partial charge in [0.2, 0.25) is 5.91 Å². The highest BCUT2D eigenvalue weighted by atomic mass is 32.2. The average Bonchev–Trinajstić information content (AvgIpc) is 2.73. The maximum absolute atomic E-state index is 12.9. The Labute approximate surface area is 173 Å². The van der Waals surface area contributed by atoms with E-state index in [4.69, 9.17) is 9.97 Å². The molecule has 1 N–H and O–H groups in total. The van der Waals surface area contributed by atoms with Gasteiger partial charge in [0.15, 0.2) is 0 Å². The second-order valence-corrected chi connectivity index (χ2v) is 9.51. The summed E-state index contributed by atoms with van der Waals surface area (Å²) in [4.78, 5) is 23.2. The van der Waals surface area contributed by atoms with Crippen LogP contribution in [0.4, 0.5) is 5.82 Å². The Morgan fingerprint density at radius 1 is 1.24 bits per heavy atom. The van der Waals surface area contributed by atoms with E-state index in [1.807, 2.05) is 18.7 Å². The quantitative estimate of drug-likeness (QED) is 0.737. The first-order valence-corrected chi connectivity index (χ1v) is 11.8. The zero-order chi connectivity index (χ0) is 21.2. The molecule has 29 heavy (non-hydrogen) atoms. The lowest BCUT2D eigenvalue weighted by Crippen LogP contribution is -2.46. The zero-order valence-electron chi connectivity index (χ0n) is 17.8. The number of amides is 1. The number of fused-ring (bicyclic) bond motifs is 1. The van der Waals surface area contributed by atoms with Crippen LogP contribution in [0.15, 0.2) is 0 Å². The number of carbonyl (C=O) groups is 1. The molecule has 0 bridgehead atoms. The minimum Gasteiger partial charge on any atom is -0.373 e. The largest absolute Gasteiger partial charge is 0.373 e. The van der Waals surface area contributed by atoms with Crippen molar-refractivity contribution in [3.05, 3.63) is 17.1 Å². The molecule has 2 aliphatic heterocycles. The number of hydrogen-bond donors (Lipinski definition) is 1. The first-order valence-electron chi connectivity index (χ1n) is 10.4. The normalized spacial score (nSPS) is 20.6. The maximum Gasteiger partial charge on any atom is 0.282 e. The van der Waals surface area contributed by atoms with E-state index in [0.717, 1.165) is 36.5 Å². The molecule has 0 radical (unpaired) electrons. The molecule has 3 rings (SSSR count). The smallest absolute Gasteiger partial charge is 0.282 e. The predicted octanol–water partition coefficient (Wildman–Crippen LogP) is 1.19. The highest BCUT2D eigenvalue weighted by molar-refractivity contribution is 7.86. The highest BCUT2D eigenvalue weighted by Crippen LogP contribution is 2.31. The third kappa shape index (κ3) is 4.39. The molecule has 2 aliphatic rings. The summed E-state index contributed by atoms with van der Waals surface area (Å²) in [5, 5.41) is 3.13. The summed E-state index contributed by atoms with van der Waals surface area (Å²) in [6.45, 7) is 8.30. The number of likely N-dealkylation sites (tertiary alicyclic amines) is 1. The Hall–Kier alpha value is -1.78. The van der Waals surface area contributed by atoms with Crippen molar-refractivity contribution in [2.24, 2.45) is 0 Å². The van der Waals surface area contributed by atoms with E-state index in [1.165, 1.54) is 8.61 Å². The van der Waals surface area contributed by atoms with Crippen LogP contribution in [0.5, 0.6) is 0 Å². The highest BCUT2D eigenvalue weighted by Gasteiger charge is 2.34. The number of rotatable bonds is 6. The molecule has 0 saturated carbocycles. The molecule has 1 fully saturated rings. The molecule has 0 spiro atoms. The van der Waals surface area contributed by atoms with Crippen LogP contribution in [0.3, 0.4) is 0 Å². The standard InChI is InChI=1S/C19H32N6O3S/c1-5-24(6-2)29(27,28)25-11-9-17-16(13-25)19(20-4)22-18(21-17)15-8-7-10-23(12-15)14(3)26/h15H,5-13H2,1-4H3,(H,20,21,22)/t15-/m0/s1. The molecule has 9 nitrogen and oxygen atoms in total. The van der Waals surface area contributed by atoms with Gasteiger partial charge in [0.05, 0.1) is 5.69 Å². The van der Waals surface area contributed by atoms with Crippen molar-refractivity contribution in [1.29, 1.82) is 0 Å². The molecule has 1 aromatic rings. The SMILES string of the molecule is CCN(CC)S(=O)(=O)N1CCc2nc([C@H]3CCCN(C(C)=O)C3)nc(NC)c2C1. The fourth-order valence-corrected chi connectivity index (χ4v) is 5.78. The number of aromatic nitrogens is 2. The van der Waals surface area contributed by atoms with E-state index in [9.17, 15) is 13.2 Å². The Morgan fingerprint density at radius 2 is 1.97 bits per heavy atom. The lowest BCUT2D eigenvalue weighted by atomic mass is 9.96. The first-order chi connectivity index (χ1) is 13.8. The minimum absolute atomic E-state index is 0.0822. The van der Waals surface area contributed by atoms with Crippen molar-refractivity contribution in [2.75, 3.05) is 45.1 Å². The molecule has 10 heteroatoms. The first kappa shape index (κ1) is 21.9. The van der Waals surface area contributed by atoms with Gasteiger partial charge in [-0.3, -0.25) is 4.79 Å². The average molecular weight is 425 g/mol. The summed E-state index contributed by atoms with van der Waals surface area (Å²) in [6, 6.07) is 0. The van der Waals surface area contributed by atoms with Crippen LogP contribution in [0, 0.1) is 0 Å². The molecule has 0 aliphatic carbocycles. The van der Waals surface area contributed by atoms with Crippen LogP contribution in [0.2, 0.25) is 0 Å². The van der Waals surface area contributed by atoms with E-state index in [2.05, 4.69) is 5.32 Å². The Kier molecular flexibility index (Phi) is 6.75. The Bertz CT molecular complexity index is 838. The van der Waals surface area contributed by atoms with E-state index in [0.29, 0.717) is 38.4 Å². The summed E-state index contributed by atoms with van der Waals surface area (Å²) in [5.74, 6) is 1.63. The van der Waals surface area contributed by atoms with Crippen LogP contribution < -0.4 is 5.32 Å². The van der Waals surface area contributed by atoms with Crippen LogP contribution >= 0.6 is 0 Å². The van der Waals surface area contributed by atoms with Gasteiger partial charge in [-0.25, -0.2) is 9.97 Å². The Balaban J connectivity index is 1.88. The number of nitrogens with zero attached hydrogens (tertiary/aromatic N) is 5. The third-order valence-corrected chi connectivity index (χ3v) is 8.00. The van der Waals surface area contributed by atoms with Gasteiger partial charge < -0.3 is 10.2 Å². The molecule has 1 atom stereocenters. The lowest BCUT2D eigenvalue weighted by Gasteiger charge is -2.34. The summed E-state index contributed by atoms with van der Waals surface area (Å²) in [7, 11) is -1.70. The van der Waals surface area contributed by atoms with Crippen LogP contribution in [0.1, 0.15) is 56.6 Å². The van der Waals surface area contributed by atoms with Gasteiger partial charge in [-0.2, -0.15) is 17.0 Å². The minimum atomic E-state index is -3.50. The van der Waals surface area contributed by atoms with Gasteiger partial charge in [0.1, 0.15) is 11.6 Å². The molecule has 1 saturated heterocycles. The number of carbonyl (C=O) groups excluding carboxylic acids is 1. The Morgan fingerprint density at radius 3 is 2.59 bits per heavy atom. The van der Waals surface area contributed by atoms with Gasteiger partial charge in [0, 0.05) is 71.1 Å². The van der Waals surface area contributed by atoms with Crippen LogP contribution in [0.25, 0.3) is 0 Å². The number of piperidine rings is 1. The third-order valence-electron chi connectivity index (χ3n) is 5.87. The van der Waals surface area contributed by atoms with Crippen molar-refractivity contribution < 1.29 is 13.2 Å². The van der Waals surface area contributed by atoms with Crippen molar-refractivity contribution in [2.45, 2.75) is 52.5 Å². The summed E-state index contributed by atoms with van der Waals surface area (Å²) >= 11 is 0. The number of nitrogens with one attached hydrogen (secondary N) is 1. The summed E-state index contributed by atoms with van der Waals surface area (Å²) in [6.07, 6.45) is 2.45. The number of hydrogen-bond acceptors (Lipinski definition) is 6. The molecule has 3 heterocycles. The molecule has 0 aromatic carbocycles. The molecular weight excluding hydrogens is 392 g/mol. The van der Waals surface area contributed by atoms with Crippen LogP contribution in [-0.4, -0.2) is 77.6 Å².